The summed E-state index contributed by atoms with van der Waals surface area (Å²) in [6, 6.07) is 3.27. The molecule has 0 aliphatic heterocycles. The first kappa shape index (κ1) is 20.2. The maximum absolute atomic E-state index is 12.7. The van der Waals surface area contributed by atoms with Crippen molar-refractivity contribution >= 4 is 11.7 Å². The minimum Gasteiger partial charge on any atom is -0.382 e. The molecule has 1 N–H and O–H groups in total. The molecule has 0 atom stereocenters. The molecular weight excluding hydrogens is 360 g/mol. The smallest absolute Gasteiger partial charge is 0.270 e. The zero-order valence-electron chi connectivity index (χ0n) is 16.3. The third kappa shape index (κ3) is 5.24. The Hall–Kier alpha value is -2.58. The Morgan fingerprint density at radius 2 is 2.00 bits per heavy atom. The summed E-state index contributed by atoms with van der Waals surface area (Å²) in [5.41, 5.74) is 0.675. The van der Waals surface area contributed by atoms with Crippen LogP contribution in [0.3, 0.4) is 0 Å². The number of nitrogens with zero attached hydrogens (tertiary/aromatic N) is 3. The summed E-state index contributed by atoms with van der Waals surface area (Å²) in [6.07, 6.45) is 8.64. The number of carbonyl (C=O) groups excluding carboxylic acids is 2. The number of aromatic nitrogens is 3. The second kappa shape index (κ2) is 9.57. The zero-order chi connectivity index (χ0) is 19.9. The Bertz CT molecular complexity index is 799. The number of nitrogens with one attached hydrogen (secondary N) is 1. The van der Waals surface area contributed by atoms with E-state index < -0.39 is 0 Å². The number of pyridine rings is 1. The van der Waals surface area contributed by atoms with Crippen LogP contribution in [0.25, 0.3) is 5.82 Å². The highest BCUT2D eigenvalue weighted by Crippen LogP contribution is 2.21. The van der Waals surface area contributed by atoms with Gasteiger partial charge < -0.3 is 14.8 Å². The van der Waals surface area contributed by atoms with Crippen LogP contribution in [0.5, 0.6) is 0 Å². The maximum Gasteiger partial charge on any atom is 0.270 e. The summed E-state index contributed by atoms with van der Waals surface area (Å²) in [4.78, 5) is 33.0. The molecule has 2 aromatic rings. The Balaban J connectivity index is 1.64. The standard InChI is InChI=1S/C20H26N4O4/c1-14(25)15-11-18(23-19(12-15)24-8-7-21-13-24)20(26)22-16-3-5-17(6-4-16)28-10-9-27-2/h7-8,11-13,16-17H,3-6,9-10H2,1-2H3,(H,22,26)/t16-,17-. The fraction of sp³-hybridized carbons (Fsp3) is 0.500. The SMILES string of the molecule is COCCO[C@H]1CC[C@H](NC(=O)c2cc(C(C)=O)cc(-n3ccnc3)n2)CC1. The molecule has 0 spiro atoms. The molecule has 150 valence electrons. The van der Waals surface area contributed by atoms with Gasteiger partial charge in [-0.15, -0.1) is 0 Å². The molecule has 1 saturated carbocycles. The van der Waals surface area contributed by atoms with Gasteiger partial charge in [-0.2, -0.15) is 0 Å². The molecule has 2 heterocycles. The van der Waals surface area contributed by atoms with E-state index in [1.165, 1.54) is 13.0 Å². The van der Waals surface area contributed by atoms with Gasteiger partial charge >= 0.3 is 0 Å². The number of ketones is 1. The van der Waals surface area contributed by atoms with E-state index in [2.05, 4.69) is 15.3 Å². The van der Waals surface area contributed by atoms with Gasteiger partial charge in [0.2, 0.25) is 0 Å². The Morgan fingerprint density at radius 1 is 1.21 bits per heavy atom. The number of hydrogen-bond donors (Lipinski definition) is 1. The van der Waals surface area contributed by atoms with Crippen molar-refractivity contribution in [3.05, 3.63) is 42.1 Å². The molecule has 0 bridgehead atoms. The summed E-state index contributed by atoms with van der Waals surface area (Å²) in [5.74, 6) is 0.102. The van der Waals surface area contributed by atoms with Crippen molar-refractivity contribution in [2.45, 2.75) is 44.8 Å². The van der Waals surface area contributed by atoms with Crippen molar-refractivity contribution in [1.29, 1.82) is 0 Å². The van der Waals surface area contributed by atoms with Crippen LogP contribution in [0, 0.1) is 0 Å². The third-order valence-corrected chi connectivity index (χ3v) is 4.87. The summed E-state index contributed by atoms with van der Waals surface area (Å²) >= 11 is 0. The normalized spacial score (nSPS) is 19.4. The van der Waals surface area contributed by atoms with Crippen LogP contribution < -0.4 is 5.32 Å². The topological polar surface area (TPSA) is 95.3 Å². The second-order valence-corrected chi connectivity index (χ2v) is 6.94. The number of carbonyl (C=O) groups is 2. The van der Waals surface area contributed by atoms with Gasteiger partial charge in [0.25, 0.3) is 5.91 Å². The molecule has 1 aliphatic carbocycles. The molecule has 28 heavy (non-hydrogen) atoms. The lowest BCUT2D eigenvalue weighted by molar-refractivity contribution is -0.00409. The van der Waals surface area contributed by atoms with Crippen LogP contribution in [0.1, 0.15) is 53.5 Å². The van der Waals surface area contributed by atoms with Gasteiger partial charge in [0.15, 0.2) is 5.78 Å². The van der Waals surface area contributed by atoms with E-state index in [-0.39, 0.29) is 29.5 Å². The second-order valence-electron chi connectivity index (χ2n) is 6.94. The first-order valence-electron chi connectivity index (χ1n) is 9.49. The van der Waals surface area contributed by atoms with E-state index in [1.807, 2.05) is 0 Å². The van der Waals surface area contributed by atoms with Crippen molar-refractivity contribution in [2.24, 2.45) is 0 Å². The lowest BCUT2D eigenvalue weighted by Gasteiger charge is -2.29. The van der Waals surface area contributed by atoms with Gasteiger partial charge in [-0.25, -0.2) is 9.97 Å². The highest BCUT2D eigenvalue weighted by atomic mass is 16.5. The summed E-state index contributed by atoms with van der Waals surface area (Å²) in [6.45, 7) is 2.66. The maximum atomic E-state index is 12.7. The van der Waals surface area contributed by atoms with Crippen LogP contribution in [-0.4, -0.2) is 58.7 Å². The van der Waals surface area contributed by atoms with Crippen molar-refractivity contribution in [3.8, 4) is 5.82 Å². The summed E-state index contributed by atoms with van der Waals surface area (Å²) in [5, 5.41) is 3.04. The number of hydrogen-bond acceptors (Lipinski definition) is 6. The first-order valence-corrected chi connectivity index (χ1v) is 9.49. The average molecular weight is 386 g/mol. The van der Waals surface area contributed by atoms with Gasteiger partial charge in [0.05, 0.1) is 19.3 Å². The molecule has 8 heteroatoms. The predicted octanol–water partition coefficient (Wildman–Crippen LogP) is 2.17. The molecule has 3 rings (SSSR count). The molecule has 2 aromatic heterocycles. The van der Waals surface area contributed by atoms with E-state index in [9.17, 15) is 9.59 Å². The predicted molar refractivity (Wildman–Crippen MR) is 103 cm³/mol. The van der Waals surface area contributed by atoms with Crippen LogP contribution >= 0.6 is 0 Å². The van der Waals surface area contributed by atoms with E-state index in [0.29, 0.717) is 24.6 Å². The Kier molecular flexibility index (Phi) is 6.89. The highest BCUT2D eigenvalue weighted by Gasteiger charge is 2.24. The van der Waals surface area contributed by atoms with Gasteiger partial charge in [-0.3, -0.25) is 14.2 Å². The van der Waals surface area contributed by atoms with Crippen LogP contribution in [-0.2, 0) is 9.47 Å². The van der Waals surface area contributed by atoms with Crippen LogP contribution in [0.15, 0.2) is 30.9 Å². The van der Waals surface area contributed by atoms with Crippen molar-refractivity contribution in [3.63, 3.8) is 0 Å². The Labute approximate surface area is 164 Å². The molecule has 0 unspecified atom stereocenters. The van der Waals surface area contributed by atoms with E-state index in [1.54, 1.807) is 36.5 Å². The van der Waals surface area contributed by atoms with Crippen LogP contribution in [0.2, 0.25) is 0 Å². The minimum absolute atomic E-state index is 0.0780. The molecule has 1 fully saturated rings. The summed E-state index contributed by atoms with van der Waals surface area (Å²) in [7, 11) is 1.66. The van der Waals surface area contributed by atoms with Crippen molar-refractivity contribution in [1.82, 2.24) is 19.9 Å². The fourth-order valence-corrected chi connectivity index (χ4v) is 3.29. The van der Waals surface area contributed by atoms with Crippen LogP contribution in [0.4, 0.5) is 0 Å². The number of amides is 1. The number of imidazole rings is 1. The quantitative estimate of drug-likeness (QED) is 0.552. The number of ether oxygens (including phenoxy) is 2. The molecule has 0 aromatic carbocycles. The largest absolute Gasteiger partial charge is 0.382 e. The van der Waals surface area contributed by atoms with Crippen molar-refractivity contribution in [2.75, 3.05) is 20.3 Å². The van der Waals surface area contributed by atoms with Gasteiger partial charge in [0.1, 0.15) is 17.8 Å². The Morgan fingerprint density at radius 3 is 2.64 bits per heavy atom. The van der Waals surface area contributed by atoms with Crippen molar-refractivity contribution < 1.29 is 19.1 Å². The van der Waals surface area contributed by atoms with E-state index >= 15 is 0 Å². The average Bonchev–Trinajstić information content (AvgIpc) is 3.24. The van der Waals surface area contributed by atoms with Gasteiger partial charge in [0, 0.05) is 31.1 Å². The number of methoxy groups -OCH3 is 1. The zero-order valence-corrected chi connectivity index (χ0v) is 16.3. The van der Waals surface area contributed by atoms with Gasteiger partial charge in [-0.1, -0.05) is 0 Å². The molecule has 1 amide bonds. The lowest BCUT2D eigenvalue weighted by atomic mass is 9.93. The third-order valence-electron chi connectivity index (χ3n) is 4.87. The monoisotopic (exact) mass is 386 g/mol. The van der Waals surface area contributed by atoms with Gasteiger partial charge in [-0.05, 0) is 44.7 Å². The first-order chi connectivity index (χ1) is 13.6. The molecule has 1 aliphatic rings. The van der Waals surface area contributed by atoms with E-state index in [4.69, 9.17) is 9.47 Å². The molecule has 0 saturated heterocycles. The molecular formula is C20H26N4O4. The molecule has 0 radical (unpaired) electrons. The number of rotatable bonds is 8. The molecule has 8 nitrogen and oxygen atoms in total. The summed E-state index contributed by atoms with van der Waals surface area (Å²) < 4.78 is 12.4. The number of Topliss-reactive ketones (excluding diaryl/α,β-unsaturated/α-hetero) is 1. The highest BCUT2D eigenvalue weighted by molar-refractivity contribution is 5.99. The lowest BCUT2D eigenvalue weighted by Crippen LogP contribution is -2.39. The van der Waals surface area contributed by atoms with E-state index in [0.717, 1.165) is 25.7 Å². The minimum atomic E-state index is -0.270. The fourth-order valence-electron chi connectivity index (χ4n) is 3.29.